The molecular weight excluding hydrogens is 585 g/mol. The lowest BCUT2D eigenvalue weighted by atomic mass is 9.85. The summed E-state index contributed by atoms with van der Waals surface area (Å²) in [5.41, 5.74) is 0.0720. The van der Waals surface area contributed by atoms with Gasteiger partial charge in [0.2, 0.25) is 0 Å². The first-order valence-electron chi connectivity index (χ1n) is 14.6. The van der Waals surface area contributed by atoms with E-state index in [1.165, 1.54) is 16.2 Å². The molecule has 9 nitrogen and oxygen atoms in total. The summed E-state index contributed by atoms with van der Waals surface area (Å²) in [6.45, 7) is 21.8. The van der Waals surface area contributed by atoms with Crippen LogP contribution in [-0.2, 0) is 24.2 Å². The molecule has 2 aromatic rings. The molecule has 0 bridgehead atoms. The van der Waals surface area contributed by atoms with Gasteiger partial charge in [0.25, 0.3) is 5.91 Å². The van der Waals surface area contributed by atoms with Crippen molar-refractivity contribution in [2.75, 3.05) is 13.7 Å². The molecule has 0 aliphatic carbocycles. The Labute approximate surface area is 261 Å². The van der Waals surface area contributed by atoms with Gasteiger partial charge >= 0.3 is 11.9 Å². The average Bonchev–Trinajstić information content (AvgIpc) is 3.50. The van der Waals surface area contributed by atoms with Gasteiger partial charge in [0.05, 0.1) is 19.1 Å². The number of aromatic nitrogens is 1. The van der Waals surface area contributed by atoms with Crippen LogP contribution >= 0.6 is 11.3 Å². The third-order valence-corrected chi connectivity index (χ3v) is 13.7. The highest BCUT2D eigenvalue weighted by molar-refractivity contribution is 7.09. The number of likely N-dealkylation sites (tertiary alicyclic amines) is 1. The second kappa shape index (κ2) is 12.3. The summed E-state index contributed by atoms with van der Waals surface area (Å²) in [4.78, 5) is 47.5. The van der Waals surface area contributed by atoms with Crippen LogP contribution in [-0.4, -0.2) is 66.5 Å². The number of rotatable bonds is 8. The van der Waals surface area contributed by atoms with E-state index in [1.54, 1.807) is 51.6 Å². The molecule has 1 aliphatic heterocycles. The molecule has 238 valence electrons. The number of benzene rings is 1. The lowest BCUT2D eigenvalue weighted by molar-refractivity contribution is -0.161. The summed E-state index contributed by atoms with van der Waals surface area (Å²) >= 11 is 1.25. The van der Waals surface area contributed by atoms with Crippen LogP contribution in [0.25, 0.3) is 0 Å². The number of carboxylic acids is 1. The van der Waals surface area contributed by atoms with Crippen molar-refractivity contribution in [1.82, 2.24) is 9.88 Å². The molecule has 0 spiro atoms. The second-order valence-corrected chi connectivity index (χ2v) is 20.5. The molecule has 2 heterocycles. The number of nitrogens with zero attached hydrogens (tertiary/aromatic N) is 2. The fourth-order valence-corrected chi connectivity index (χ4v) is 6.99. The zero-order chi connectivity index (χ0) is 32.7. The number of carboxylic acid groups (broad SMARTS) is 1. The number of carbonyl (C=O) groups is 3. The van der Waals surface area contributed by atoms with Crippen molar-refractivity contribution >= 4 is 37.5 Å². The molecule has 3 rings (SSSR count). The first-order valence-corrected chi connectivity index (χ1v) is 18.4. The van der Waals surface area contributed by atoms with Crippen molar-refractivity contribution in [3.8, 4) is 5.75 Å². The molecule has 1 amide bonds. The van der Waals surface area contributed by atoms with Crippen LogP contribution in [0.4, 0.5) is 0 Å². The molecule has 1 aromatic carbocycles. The Morgan fingerprint density at radius 2 is 1.67 bits per heavy atom. The van der Waals surface area contributed by atoms with E-state index in [0.717, 1.165) is 5.56 Å². The minimum absolute atomic E-state index is 0.0185. The van der Waals surface area contributed by atoms with Crippen LogP contribution in [0.3, 0.4) is 0 Å². The zero-order valence-electron chi connectivity index (χ0n) is 27.6. The van der Waals surface area contributed by atoms with E-state index in [4.69, 9.17) is 13.9 Å². The highest BCUT2D eigenvalue weighted by Crippen LogP contribution is 2.49. The van der Waals surface area contributed by atoms with Gasteiger partial charge in [-0.25, -0.2) is 9.78 Å². The fraction of sp³-hybridized carbons (Fsp3) is 0.625. The van der Waals surface area contributed by atoms with Gasteiger partial charge in [0.15, 0.2) is 8.32 Å². The third kappa shape index (κ3) is 7.49. The first-order chi connectivity index (χ1) is 19.6. The maximum absolute atomic E-state index is 14.6. The Balaban J connectivity index is 2.25. The van der Waals surface area contributed by atoms with Gasteiger partial charge in [0.1, 0.15) is 22.4 Å². The Bertz CT molecular complexity index is 1320. The number of ether oxygens (including phenoxy) is 2. The van der Waals surface area contributed by atoms with Crippen molar-refractivity contribution in [1.29, 1.82) is 0 Å². The SMILES string of the molecule is COc1cc(C(=O)N2[C@H](C(=O)OC(C)(C)C)[C@@H](CO[Si](C)(C)C(C)(C)C)[C@H](C(=O)O)[C@@H]2c2nccs2)ccc1C(C)(C)C. The number of hydrogen-bond donors (Lipinski definition) is 1. The third-order valence-electron chi connectivity index (χ3n) is 8.38. The molecule has 1 saturated heterocycles. The summed E-state index contributed by atoms with van der Waals surface area (Å²) in [5.74, 6) is -3.81. The highest BCUT2D eigenvalue weighted by atomic mass is 32.1. The first kappa shape index (κ1) is 34.7. The Morgan fingerprint density at radius 3 is 2.14 bits per heavy atom. The zero-order valence-corrected chi connectivity index (χ0v) is 29.4. The predicted octanol–water partition coefficient (Wildman–Crippen LogP) is 6.70. The lowest BCUT2D eigenvalue weighted by Crippen LogP contribution is -2.49. The van der Waals surface area contributed by atoms with Gasteiger partial charge in [-0.2, -0.15) is 0 Å². The summed E-state index contributed by atoms with van der Waals surface area (Å²) in [7, 11) is -0.817. The number of amides is 1. The van der Waals surface area contributed by atoms with Gasteiger partial charge in [-0.3, -0.25) is 9.59 Å². The van der Waals surface area contributed by atoms with Gasteiger partial charge in [-0.15, -0.1) is 11.3 Å². The van der Waals surface area contributed by atoms with E-state index in [0.29, 0.717) is 10.8 Å². The van der Waals surface area contributed by atoms with E-state index in [1.807, 2.05) is 26.8 Å². The Morgan fingerprint density at radius 1 is 1.05 bits per heavy atom. The molecule has 11 heteroatoms. The molecule has 4 atom stereocenters. The van der Waals surface area contributed by atoms with E-state index in [-0.39, 0.29) is 22.6 Å². The Hall–Kier alpha value is -2.76. The van der Waals surface area contributed by atoms with E-state index >= 15 is 0 Å². The normalized spacial score (nSPS) is 21.5. The number of thiazole rings is 1. The molecule has 0 unspecified atom stereocenters. The molecular formula is C32H48N2O7SSi. The molecule has 1 N–H and O–H groups in total. The Kier molecular flexibility index (Phi) is 9.95. The topological polar surface area (TPSA) is 115 Å². The van der Waals surface area contributed by atoms with Gasteiger partial charge in [-0.1, -0.05) is 47.6 Å². The maximum atomic E-state index is 14.6. The van der Waals surface area contributed by atoms with Crippen molar-refractivity contribution < 1.29 is 33.4 Å². The molecule has 0 radical (unpaired) electrons. The largest absolute Gasteiger partial charge is 0.496 e. The van der Waals surface area contributed by atoms with Crippen LogP contribution in [0.1, 0.15) is 89.3 Å². The number of hydrogen-bond acceptors (Lipinski definition) is 8. The van der Waals surface area contributed by atoms with Gasteiger partial charge in [-0.05, 0) is 62.0 Å². The molecule has 0 saturated carbocycles. The number of carbonyl (C=O) groups excluding carboxylic acids is 2. The minimum atomic E-state index is -2.36. The van der Waals surface area contributed by atoms with E-state index < -0.39 is 55.7 Å². The monoisotopic (exact) mass is 632 g/mol. The highest BCUT2D eigenvalue weighted by Gasteiger charge is 2.59. The standard InChI is InChI=1S/C32H48N2O7SSi/c1-30(2,3)21-14-13-19(17-22(21)39-10)27(35)34-24(29(38)41-31(4,5)6)20(18-40-43(11,12)32(7,8)9)23(28(36)37)25(34)26-33-15-16-42-26/h13-17,20,23-25H,18H2,1-12H3,(H,36,37)/t20-,23-,24-,25+/m0/s1. The molecule has 1 fully saturated rings. The number of esters is 1. The lowest BCUT2D eigenvalue weighted by Gasteiger charge is -2.38. The summed E-state index contributed by atoms with van der Waals surface area (Å²) in [6, 6.07) is 2.97. The summed E-state index contributed by atoms with van der Waals surface area (Å²) < 4.78 is 18.1. The molecule has 43 heavy (non-hydrogen) atoms. The number of aliphatic carboxylic acids is 1. The quantitative estimate of drug-likeness (QED) is 0.253. The van der Waals surface area contributed by atoms with Crippen molar-refractivity contribution in [3.05, 3.63) is 45.9 Å². The van der Waals surface area contributed by atoms with Crippen LogP contribution < -0.4 is 4.74 Å². The van der Waals surface area contributed by atoms with Crippen LogP contribution in [0, 0.1) is 11.8 Å². The van der Waals surface area contributed by atoms with Gasteiger partial charge in [0, 0.05) is 29.7 Å². The van der Waals surface area contributed by atoms with Crippen LogP contribution in [0.2, 0.25) is 18.1 Å². The summed E-state index contributed by atoms with van der Waals surface area (Å²) in [5, 5.41) is 12.7. The number of methoxy groups -OCH3 is 1. The van der Waals surface area contributed by atoms with Crippen LogP contribution in [0.15, 0.2) is 29.8 Å². The summed E-state index contributed by atoms with van der Waals surface area (Å²) in [6.07, 6.45) is 1.57. The van der Waals surface area contributed by atoms with Crippen molar-refractivity contribution in [2.45, 2.75) is 104 Å². The van der Waals surface area contributed by atoms with Crippen molar-refractivity contribution in [3.63, 3.8) is 0 Å². The average molecular weight is 633 g/mol. The maximum Gasteiger partial charge on any atom is 0.329 e. The fourth-order valence-electron chi connectivity index (χ4n) is 5.17. The smallest absolute Gasteiger partial charge is 0.329 e. The van der Waals surface area contributed by atoms with E-state index in [9.17, 15) is 19.5 Å². The van der Waals surface area contributed by atoms with E-state index in [2.05, 4.69) is 38.8 Å². The van der Waals surface area contributed by atoms with Gasteiger partial charge < -0.3 is 23.9 Å². The minimum Gasteiger partial charge on any atom is -0.496 e. The molecule has 1 aromatic heterocycles. The van der Waals surface area contributed by atoms with Crippen LogP contribution in [0.5, 0.6) is 5.75 Å². The predicted molar refractivity (Wildman–Crippen MR) is 170 cm³/mol. The second-order valence-electron chi connectivity index (χ2n) is 14.8. The van der Waals surface area contributed by atoms with Crippen molar-refractivity contribution in [2.24, 2.45) is 11.8 Å². The molecule has 1 aliphatic rings.